The van der Waals surface area contributed by atoms with Crippen molar-refractivity contribution in [3.63, 3.8) is 0 Å². The molecule has 0 radical (unpaired) electrons. The summed E-state index contributed by atoms with van der Waals surface area (Å²) in [5, 5.41) is 0. The van der Waals surface area contributed by atoms with Crippen LogP contribution in [0.4, 0.5) is 0 Å². The monoisotopic (exact) mass is 462 g/mol. The second-order valence-corrected chi connectivity index (χ2v) is 9.42. The van der Waals surface area contributed by atoms with Gasteiger partial charge in [-0.3, -0.25) is 4.79 Å². The molecule has 0 atom stereocenters. The third kappa shape index (κ3) is 15.9. The molecule has 1 aromatic rings. The van der Waals surface area contributed by atoms with Crippen molar-refractivity contribution >= 4 is 16.1 Å². The van der Waals surface area contributed by atoms with E-state index in [0.717, 1.165) is 18.9 Å². The predicted octanol–water partition coefficient (Wildman–Crippen LogP) is 3.76. The topological polar surface area (TPSA) is 83.5 Å². The standard InChI is InChI=1S/C24H40O5S.Na/c1-2-3-4-5-6-7-8-9-10-11-12-13-14-15-16-21-24(25)29-22-19-17-18-20-23(22)30(26,27)28;/h17-20H,2-16,21H2,1H3,(H,26,27,28);/q;+1/p-1. The van der Waals surface area contributed by atoms with E-state index in [-0.39, 0.29) is 41.7 Å². The van der Waals surface area contributed by atoms with Crippen molar-refractivity contribution in [1.82, 2.24) is 0 Å². The van der Waals surface area contributed by atoms with Gasteiger partial charge in [-0.05, 0) is 18.6 Å². The fourth-order valence-corrected chi connectivity index (χ4v) is 4.16. The van der Waals surface area contributed by atoms with Crippen molar-refractivity contribution in [3.8, 4) is 5.75 Å². The SMILES string of the molecule is CCCCCCCCCCCCCCCCCC(=O)Oc1ccccc1S(=O)(=O)[O-].[Na+]. The van der Waals surface area contributed by atoms with Crippen molar-refractivity contribution in [3.05, 3.63) is 24.3 Å². The number of para-hydroxylation sites is 1. The van der Waals surface area contributed by atoms with E-state index in [1.54, 1.807) is 0 Å². The molecule has 1 rings (SSSR count). The number of benzene rings is 1. The van der Waals surface area contributed by atoms with Crippen LogP contribution in [0.3, 0.4) is 0 Å². The van der Waals surface area contributed by atoms with E-state index in [9.17, 15) is 17.8 Å². The van der Waals surface area contributed by atoms with Gasteiger partial charge in [-0.15, -0.1) is 0 Å². The fraction of sp³-hybridized carbons (Fsp3) is 0.708. The van der Waals surface area contributed by atoms with E-state index >= 15 is 0 Å². The summed E-state index contributed by atoms with van der Waals surface area (Å²) in [5.74, 6) is -0.681. The number of hydrogen-bond acceptors (Lipinski definition) is 5. The van der Waals surface area contributed by atoms with E-state index in [1.165, 1.54) is 95.2 Å². The molecule has 0 spiro atoms. The van der Waals surface area contributed by atoms with Gasteiger partial charge in [0.15, 0.2) is 0 Å². The minimum absolute atomic E-state index is 0. The van der Waals surface area contributed by atoms with Gasteiger partial charge >= 0.3 is 35.5 Å². The maximum Gasteiger partial charge on any atom is 1.00 e. The van der Waals surface area contributed by atoms with E-state index in [0.29, 0.717) is 6.42 Å². The molecule has 0 bridgehead atoms. The van der Waals surface area contributed by atoms with Gasteiger partial charge in [0.05, 0.1) is 4.90 Å². The number of ether oxygens (including phenoxy) is 1. The summed E-state index contributed by atoms with van der Waals surface area (Å²) in [4.78, 5) is 11.4. The van der Waals surface area contributed by atoms with Crippen LogP contribution < -0.4 is 34.3 Å². The van der Waals surface area contributed by atoms with Gasteiger partial charge in [-0.1, -0.05) is 109 Å². The number of esters is 1. The summed E-state index contributed by atoms with van der Waals surface area (Å²) in [6, 6.07) is 5.44. The zero-order chi connectivity index (χ0) is 22.1. The Balaban J connectivity index is 0.00000900. The van der Waals surface area contributed by atoms with E-state index in [4.69, 9.17) is 4.74 Å². The third-order valence-electron chi connectivity index (χ3n) is 5.33. The Hall–Kier alpha value is -0.400. The number of unbranched alkanes of at least 4 members (excludes halogenated alkanes) is 14. The molecular weight excluding hydrogens is 423 g/mol. The number of hydrogen-bond donors (Lipinski definition) is 0. The zero-order valence-corrected chi connectivity index (χ0v) is 22.4. The molecule has 0 aromatic heterocycles. The van der Waals surface area contributed by atoms with Gasteiger partial charge < -0.3 is 9.29 Å². The van der Waals surface area contributed by atoms with E-state index < -0.39 is 21.0 Å². The predicted molar refractivity (Wildman–Crippen MR) is 120 cm³/mol. The number of carbonyl (C=O) groups is 1. The number of carbonyl (C=O) groups excluding carboxylic acids is 1. The molecule has 0 amide bonds. The molecule has 0 saturated heterocycles. The summed E-state index contributed by atoms with van der Waals surface area (Å²) >= 11 is 0. The summed E-state index contributed by atoms with van der Waals surface area (Å²) in [6.07, 6.45) is 19.0. The van der Waals surface area contributed by atoms with Gasteiger partial charge in [0.1, 0.15) is 15.9 Å². The van der Waals surface area contributed by atoms with Crippen molar-refractivity contribution in [2.24, 2.45) is 0 Å². The molecular formula is C24H39NaO5S. The second kappa shape index (κ2) is 19.1. The number of rotatable bonds is 18. The van der Waals surface area contributed by atoms with Gasteiger partial charge in [0.25, 0.3) is 0 Å². The first-order valence-electron chi connectivity index (χ1n) is 11.7. The van der Waals surface area contributed by atoms with Crippen LogP contribution in [0, 0.1) is 0 Å². The molecule has 5 nitrogen and oxygen atoms in total. The molecule has 0 saturated carbocycles. The third-order valence-corrected chi connectivity index (χ3v) is 6.20. The molecule has 0 unspecified atom stereocenters. The molecule has 7 heteroatoms. The molecule has 0 aliphatic rings. The Bertz CT molecular complexity index is 691. The molecule has 0 fully saturated rings. The largest absolute Gasteiger partial charge is 1.00 e. The van der Waals surface area contributed by atoms with Crippen molar-refractivity contribution < 1.29 is 52.1 Å². The quantitative estimate of drug-likeness (QED) is 0.109. The molecule has 1 aromatic carbocycles. The Morgan fingerprint density at radius 3 is 1.65 bits per heavy atom. The Kier molecular flexibility index (Phi) is 18.9. The summed E-state index contributed by atoms with van der Waals surface area (Å²) in [6.45, 7) is 2.25. The first-order valence-corrected chi connectivity index (χ1v) is 13.1. The maximum absolute atomic E-state index is 11.9. The normalized spacial score (nSPS) is 11.2. The Morgan fingerprint density at radius 2 is 1.19 bits per heavy atom. The first-order chi connectivity index (χ1) is 14.4. The molecule has 31 heavy (non-hydrogen) atoms. The van der Waals surface area contributed by atoms with Crippen molar-refractivity contribution in [2.45, 2.75) is 115 Å². The van der Waals surface area contributed by atoms with E-state index in [2.05, 4.69) is 6.92 Å². The van der Waals surface area contributed by atoms with Gasteiger partial charge in [-0.2, -0.15) is 0 Å². The maximum atomic E-state index is 11.9. The minimum Gasteiger partial charge on any atom is -0.744 e. The zero-order valence-electron chi connectivity index (χ0n) is 19.6. The van der Waals surface area contributed by atoms with Crippen LogP contribution in [-0.2, 0) is 14.9 Å². The molecule has 0 N–H and O–H groups in total. The average molecular weight is 463 g/mol. The Labute approximate surface area is 211 Å². The smallest absolute Gasteiger partial charge is 0.744 e. The molecule has 0 aliphatic heterocycles. The summed E-state index contributed by atoms with van der Waals surface area (Å²) in [7, 11) is -4.66. The van der Waals surface area contributed by atoms with Crippen LogP contribution in [0.25, 0.3) is 0 Å². The van der Waals surface area contributed by atoms with Crippen molar-refractivity contribution in [2.75, 3.05) is 0 Å². The fourth-order valence-electron chi connectivity index (χ4n) is 3.56. The average Bonchev–Trinajstić information content (AvgIpc) is 2.70. The van der Waals surface area contributed by atoms with Crippen LogP contribution in [0.1, 0.15) is 110 Å². The van der Waals surface area contributed by atoms with Crippen LogP contribution in [0.5, 0.6) is 5.75 Å². The van der Waals surface area contributed by atoms with Crippen molar-refractivity contribution in [1.29, 1.82) is 0 Å². The second-order valence-electron chi connectivity index (χ2n) is 8.07. The van der Waals surface area contributed by atoms with Crippen LogP contribution >= 0.6 is 0 Å². The van der Waals surface area contributed by atoms with Crippen LogP contribution in [0.2, 0.25) is 0 Å². The molecule has 0 aliphatic carbocycles. The van der Waals surface area contributed by atoms with Gasteiger partial charge in [-0.25, -0.2) is 8.42 Å². The first kappa shape index (κ1) is 30.6. The molecule has 0 heterocycles. The summed E-state index contributed by atoms with van der Waals surface area (Å²) < 4.78 is 38.7. The van der Waals surface area contributed by atoms with E-state index in [1.807, 2.05) is 0 Å². The molecule has 172 valence electrons. The van der Waals surface area contributed by atoms with Crippen LogP contribution in [-0.4, -0.2) is 18.9 Å². The summed E-state index contributed by atoms with van der Waals surface area (Å²) in [5.41, 5.74) is 0. The van der Waals surface area contributed by atoms with Crippen LogP contribution in [0.15, 0.2) is 29.2 Å². The van der Waals surface area contributed by atoms with Gasteiger partial charge in [0.2, 0.25) is 0 Å². The Morgan fingerprint density at radius 1 is 0.774 bits per heavy atom. The van der Waals surface area contributed by atoms with Gasteiger partial charge in [0, 0.05) is 6.42 Å². The minimum atomic E-state index is -4.66.